The second-order valence-corrected chi connectivity index (χ2v) is 3.60. The van der Waals surface area contributed by atoms with Crippen molar-refractivity contribution < 1.29 is 9.66 Å². The van der Waals surface area contributed by atoms with Crippen LogP contribution < -0.4 is 5.73 Å². The van der Waals surface area contributed by atoms with Crippen LogP contribution in [0.25, 0.3) is 0 Å². The molecule has 1 heterocycles. The first kappa shape index (κ1) is 12.5. The predicted molar refractivity (Wildman–Crippen MR) is 59.2 cm³/mol. The summed E-state index contributed by atoms with van der Waals surface area (Å²) in [6, 6.07) is 2.79. The molecule has 6 nitrogen and oxygen atoms in total. The molecule has 2 N–H and O–H groups in total. The molecule has 0 aromatic carbocycles. The predicted octanol–water partition coefficient (Wildman–Crippen LogP) is 0.814. The molecule has 0 saturated heterocycles. The zero-order chi connectivity index (χ0) is 12.1. The number of aryl methyl sites for hydroxylation is 1. The Morgan fingerprint density at radius 3 is 2.88 bits per heavy atom. The lowest BCUT2D eigenvalue weighted by Gasteiger charge is -2.10. The standard InChI is InChI=1S/C10H15N3O3/c1-7-3-4-10(13(14)15)9(12-7)5-8(11)6-16-2/h3-4,8H,5-6,11H2,1-2H3. The Bertz CT molecular complexity index is 382. The van der Waals surface area contributed by atoms with Gasteiger partial charge in [0.25, 0.3) is 5.69 Å². The minimum Gasteiger partial charge on any atom is -0.383 e. The molecule has 6 heteroatoms. The first-order valence-corrected chi connectivity index (χ1v) is 4.90. The Hall–Kier alpha value is -1.53. The maximum Gasteiger partial charge on any atom is 0.290 e. The van der Waals surface area contributed by atoms with Crippen molar-refractivity contribution in [3.8, 4) is 0 Å². The van der Waals surface area contributed by atoms with Crippen LogP contribution in [0.15, 0.2) is 12.1 Å². The summed E-state index contributed by atoms with van der Waals surface area (Å²) in [4.78, 5) is 14.5. The Labute approximate surface area is 93.6 Å². The fourth-order valence-corrected chi connectivity index (χ4v) is 1.44. The van der Waals surface area contributed by atoms with Crippen LogP contribution in [-0.4, -0.2) is 29.7 Å². The molecule has 16 heavy (non-hydrogen) atoms. The summed E-state index contributed by atoms with van der Waals surface area (Å²) in [6.07, 6.45) is 0.339. The topological polar surface area (TPSA) is 91.3 Å². The normalized spacial score (nSPS) is 12.4. The fourth-order valence-electron chi connectivity index (χ4n) is 1.44. The van der Waals surface area contributed by atoms with Crippen molar-refractivity contribution in [3.05, 3.63) is 33.6 Å². The Morgan fingerprint density at radius 2 is 2.31 bits per heavy atom. The van der Waals surface area contributed by atoms with Gasteiger partial charge in [0.15, 0.2) is 0 Å². The second kappa shape index (κ2) is 5.53. The highest BCUT2D eigenvalue weighted by Gasteiger charge is 2.17. The minimum atomic E-state index is -0.443. The first-order valence-electron chi connectivity index (χ1n) is 4.90. The largest absolute Gasteiger partial charge is 0.383 e. The van der Waals surface area contributed by atoms with Crippen LogP contribution >= 0.6 is 0 Å². The van der Waals surface area contributed by atoms with Crippen LogP contribution in [0.5, 0.6) is 0 Å². The van der Waals surface area contributed by atoms with E-state index in [1.54, 1.807) is 13.0 Å². The number of ether oxygens (including phenoxy) is 1. The van der Waals surface area contributed by atoms with Gasteiger partial charge in [-0.25, -0.2) is 0 Å². The fraction of sp³-hybridized carbons (Fsp3) is 0.500. The van der Waals surface area contributed by atoms with E-state index < -0.39 is 4.92 Å². The Balaban J connectivity index is 2.92. The monoisotopic (exact) mass is 225 g/mol. The van der Waals surface area contributed by atoms with Gasteiger partial charge in [-0.2, -0.15) is 0 Å². The molecule has 1 unspecified atom stereocenters. The zero-order valence-electron chi connectivity index (χ0n) is 9.34. The van der Waals surface area contributed by atoms with Crippen LogP contribution in [0.1, 0.15) is 11.4 Å². The van der Waals surface area contributed by atoms with Crippen LogP contribution in [0, 0.1) is 17.0 Å². The number of pyridine rings is 1. The number of aromatic nitrogens is 1. The van der Waals surface area contributed by atoms with Crippen LogP contribution in [-0.2, 0) is 11.2 Å². The number of nitrogens with zero attached hydrogens (tertiary/aromatic N) is 2. The molecule has 0 fully saturated rings. The summed E-state index contributed by atoms with van der Waals surface area (Å²) < 4.78 is 4.88. The van der Waals surface area contributed by atoms with Gasteiger partial charge in [0.1, 0.15) is 5.69 Å². The number of rotatable bonds is 5. The van der Waals surface area contributed by atoms with E-state index in [9.17, 15) is 10.1 Å². The summed E-state index contributed by atoms with van der Waals surface area (Å²) in [5.74, 6) is 0. The van der Waals surface area contributed by atoms with E-state index in [1.165, 1.54) is 13.2 Å². The van der Waals surface area contributed by atoms with E-state index >= 15 is 0 Å². The number of nitrogens with two attached hydrogens (primary N) is 1. The van der Waals surface area contributed by atoms with E-state index in [0.717, 1.165) is 5.69 Å². The van der Waals surface area contributed by atoms with Crippen molar-refractivity contribution >= 4 is 5.69 Å². The van der Waals surface area contributed by atoms with Crippen molar-refractivity contribution in [2.75, 3.05) is 13.7 Å². The molecule has 0 aliphatic heterocycles. The average Bonchev–Trinajstić information content (AvgIpc) is 2.17. The van der Waals surface area contributed by atoms with Gasteiger partial charge in [0, 0.05) is 31.3 Å². The van der Waals surface area contributed by atoms with Gasteiger partial charge in [0.2, 0.25) is 0 Å². The van der Waals surface area contributed by atoms with E-state index in [1.807, 2.05) is 0 Å². The molecular formula is C10H15N3O3. The maximum absolute atomic E-state index is 10.8. The Morgan fingerprint density at radius 1 is 1.62 bits per heavy atom. The van der Waals surface area contributed by atoms with Gasteiger partial charge in [0.05, 0.1) is 11.5 Å². The quantitative estimate of drug-likeness (QED) is 0.591. The molecule has 1 aromatic rings. The van der Waals surface area contributed by atoms with Crippen LogP contribution in [0.4, 0.5) is 5.69 Å². The third kappa shape index (κ3) is 3.25. The lowest BCUT2D eigenvalue weighted by atomic mass is 10.1. The lowest BCUT2D eigenvalue weighted by Crippen LogP contribution is -2.28. The van der Waals surface area contributed by atoms with Crippen molar-refractivity contribution in [3.63, 3.8) is 0 Å². The summed E-state index contributed by atoms with van der Waals surface area (Å²) in [5, 5.41) is 10.8. The molecular weight excluding hydrogens is 210 g/mol. The third-order valence-electron chi connectivity index (χ3n) is 2.12. The van der Waals surface area contributed by atoms with E-state index in [0.29, 0.717) is 18.7 Å². The van der Waals surface area contributed by atoms with Gasteiger partial charge >= 0.3 is 0 Å². The number of hydrogen-bond acceptors (Lipinski definition) is 5. The molecule has 88 valence electrons. The third-order valence-corrected chi connectivity index (χ3v) is 2.12. The number of nitro groups is 1. The van der Waals surface area contributed by atoms with Gasteiger partial charge in [-0.15, -0.1) is 0 Å². The summed E-state index contributed by atoms with van der Waals surface area (Å²) in [5.41, 5.74) is 6.91. The molecule has 1 aromatic heterocycles. The molecule has 1 rings (SSSR count). The molecule has 0 saturated carbocycles. The molecule has 0 bridgehead atoms. The second-order valence-electron chi connectivity index (χ2n) is 3.60. The molecule has 0 aliphatic carbocycles. The highest BCUT2D eigenvalue weighted by Crippen LogP contribution is 2.17. The smallest absolute Gasteiger partial charge is 0.290 e. The van der Waals surface area contributed by atoms with Crippen molar-refractivity contribution in [1.82, 2.24) is 4.98 Å². The summed E-state index contributed by atoms with van der Waals surface area (Å²) in [6.45, 7) is 2.14. The van der Waals surface area contributed by atoms with Crippen LogP contribution in [0.2, 0.25) is 0 Å². The number of methoxy groups -OCH3 is 1. The van der Waals surface area contributed by atoms with Crippen LogP contribution in [0.3, 0.4) is 0 Å². The maximum atomic E-state index is 10.8. The molecule has 0 spiro atoms. The lowest BCUT2D eigenvalue weighted by molar-refractivity contribution is -0.386. The van der Waals surface area contributed by atoms with Crippen molar-refractivity contribution in [2.24, 2.45) is 5.73 Å². The van der Waals surface area contributed by atoms with Gasteiger partial charge in [-0.05, 0) is 13.0 Å². The van der Waals surface area contributed by atoms with Crippen molar-refractivity contribution in [2.45, 2.75) is 19.4 Å². The van der Waals surface area contributed by atoms with Gasteiger partial charge < -0.3 is 10.5 Å². The molecule has 0 radical (unpaired) electrons. The van der Waals surface area contributed by atoms with Gasteiger partial charge in [-0.1, -0.05) is 0 Å². The number of hydrogen-bond donors (Lipinski definition) is 1. The SMILES string of the molecule is COCC(N)Cc1nc(C)ccc1[N+](=O)[O-]. The summed E-state index contributed by atoms with van der Waals surface area (Å²) >= 11 is 0. The first-order chi connectivity index (χ1) is 7.54. The highest BCUT2D eigenvalue weighted by atomic mass is 16.6. The molecule has 0 aliphatic rings. The average molecular weight is 225 g/mol. The highest BCUT2D eigenvalue weighted by molar-refractivity contribution is 5.36. The minimum absolute atomic E-state index is 0.0113. The van der Waals surface area contributed by atoms with E-state index in [2.05, 4.69) is 4.98 Å². The zero-order valence-corrected chi connectivity index (χ0v) is 9.34. The molecule has 1 atom stereocenters. The Kier molecular flexibility index (Phi) is 4.33. The molecule has 0 amide bonds. The van der Waals surface area contributed by atoms with Crippen molar-refractivity contribution in [1.29, 1.82) is 0 Å². The van der Waals surface area contributed by atoms with E-state index in [-0.39, 0.29) is 11.7 Å². The van der Waals surface area contributed by atoms with Gasteiger partial charge in [-0.3, -0.25) is 15.1 Å². The van der Waals surface area contributed by atoms with E-state index in [4.69, 9.17) is 10.5 Å². The summed E-state index contributed by atoms with van der Waals surface area (Å²) in [7, 11) is 1.54.